The number of hydrogen-bond acceptors (Lipinski definition) is 4. The first kappa shape index (κ1) is 17.6. The number of fused-ring (bicyclic) bond motifs is 1. The second kappa shape index (κ2) is 8.22. The summed E-state index contributed by atoms with van der Waals surface area (Å²) in [4.78, 5) is 28.8. The van der Waals surface area contributed by atoms with Crippen LogP contribution in [0.25, 0.3) is 10.9 Å². The molecule has 2 N–H and O–H groups in total. The predicted octanol–water partition coefficient (Wildman–Crippen LogP) is 2.86. The van der Waals surface area contributed by atoms with Crippen LogP contribution in [0.2, 0.25) is 0 Å². The minimum Gasteiger partial charge on any atom is -0.383 e. The fourth-order valence-electron chi connectivity index (χ4n) is 2.54. The number of methoxy groups -OCH3 is 1. The number of benzene rings is 2. The monoisotopic (exact) mass is 349 g/mol. The molecule has 2 aromatic carbocycles. The predicted molar refractivity (Wildman–Crippen MR) is 100 cm³/mol. The summed E-state index contributed by atoms with van der Waals surface area (Å²) in [6, 6.07) is 15.9. The van der Waals surface area contributed by atoms with Crippen molar-refractivity contribution in [3.63, 3.8) is 0 Å². The second-order valence-electron chi connectivity index (χ2n) is 5.66. The number of nitrogens with zero attached hydrogens (tertiary/aromatic N) is 1. The molecule has 3 rings (SSSR count). The highest BCUT2D eigenvalue weighted by Crippen LogP contribution is 2.21. The molecule has 0 fully saturated rings. The number of pyridine rings is 1. The van der Waals surface area contributed by atoms with E-state index in [2.05, 4.69) is 15.6 Å². The highest BCUT2D eigenvalue weighted by molar-refractivity contribution is 6.08. The number of amides is 2. The van der Waals surface area contributed by atoms with Gasteiger partial charge in [0.25, 0.3) is 11.8 Å². The summed E-state index contributed by atoms with van der Waals surface area (Å²) in [5.74, 6) is -0.457. The van der Waals surface area contributed by atoms with Crippen molar-refractivity contribution in [3.8, 4) is 0 Å². The van der Waals surface area contributed by atoms with Gasteiger partial charge in [-0.05, 0) is 36.4 Å². The number of para-hydroxylation sites is 1. The molecular weight excluding hydrogens is 330 g/mol. The minimum absolute atomic E-state index is 0.202. The fourth-order valence-corrected chi connectivity index (χ4v) is 2.54. The van der Waals surface area contributed by atoms with Gasteiger partial charge in [-0.3, -0.25) is 14.6 Å². The number of carbonyl (C=O) groups is 2. The molecule has 1 heterocycles. The summed E-state index contributed by atoms with van der Waals surface area (Å²) in [5, 5.41) is 6.56. The molecule has 0 aliphatic rings. The molecule has 1 aromatic heterocycles. The first-order valence-electron chi connectivity index (χ1n) is 8.21. The van der Waals surface area contributed by atoms with Gasteiger partial charge in [0, 0.05) is 36.4 Å². The van der Waals surface area contributed by atoms with E-state index in [9.17, 15) is 9.59 Å². The van der Waals surface area contributed by atoms with Crippen LogP contribution in [0.15, 0.2) is 60.8 Å². The van der Waals surface area contributed by atoms with Crippen molar-refractivity contribution in [2.45, 2.75) is 0 Å². The van der Waals surface area contributed by atoms with Gasteiger partial charge in [-0.1, -0.05) is 18.2 Å². The molecule has 0 aliphatic heterocycles. The second-order valence-corrected chi connectivity index (χ2v) is 5.66. The van der Waals surface area contributed by atoms with Crippen molar-refractivity contribution in [2.75, 3.05) is 25.6 Å². The number of carbonyl (C=O) groups excluding carboxylic acids is 2. The maximum Gasteiger partial charge on any atom is 0.255 e. The van der Waals surface area contributed by atoms with Gasteiger partial charge in [-0.2, -0.15) is 0 Å². The maximum atomic E-state index is 12.5. The lowest BCUT2D eigenvalue weighted by atomic mass is 10.1. The van der Waals surface area contributed by atoms with E-state index in [4.69, 9.17) is 4.74 Å². The van der Waals surface area contributed by atoms with Gasteiger partial charge in [0.2, 0.25) is 0 Å². The number of ether oxygens (including phenoxy) is 1. The highest BCUT2D eigenvalue weighted by atomic mass is 16.5. The largest absolute Gasteiger partial charge is 0.383 e. The van der Waals surface area contributed by atoms with E-state index in [1.165, 1.54) is 0 Å². The van der Waals surface area contributed by atoms with Crippen molar-refractivity contribution in [1.82, 2.24) is 10.3 Å². The summed E-state index contributed by atoms with van der Waals surface area (Å²) < 4.78 is 4.89. The van der Waals surface area contributed by atoms with Crippen LogP contribution < -0.4 is 10.6 Å². The van der Waals surface area contributed by atoms with E-state index < -0.39 is 0 Å². The van der Waals surface area contributed by atoms with Crippen LogP contribution in [0.1, 0.15) is 20.7 Å². The molecule has 0 spiro atoms. The molecule has 0 bridgehead atoms. The molecule has 0 atom stereocenters. The van der Waals surface area contributed by atoms with Crippen LogP contribution in [0.3, 0.4) is 0 Å². The molecule has 2 amide bonds. The van der Waals surface area contributed by atoms with Gasteiger partial charge in [-0.25, -0.2) is 0 Å². The van der Waals surface area contributed by atoms with E-state index in [1.807, 2.05) is 30.3 Å². The maximum absolute atomic E-state index is 12.5. The molecule has 0 aliphatic carbocycles. The SMILES string of the molecule is COCCNC(=O)c1ccc(C(=O)Nc2cccc3cccnc23)cc1. The molecule has 6 heteroatoms. The lowest BCUT2D eigenvalue weighted by molar-refractivity contribution is 0.0935. The normalized spacial score (nSPS) is 10.5. The first-order valence-corrected chi connectivity index (χ1v) is 8.21. The topological polar surface area (TPSA) is 80.3 Å². The lowest BCUT2D eigenvalue weighted by Crippen LogP contribution is -2.26. The van der Waals surface area contributed by atoms with E-state index in [0.717, 1.165) is 10.9 Å². The smallest absolute Gasteiger partial charge is 0.255 e. The van der Waals surface area contributed by atoms with Crippen molar-refractivity contribution in [2.24, 2.45) is 0 Å². The molecule has 0 saturated carbocycles. The zero-order valence-electron chi connectivity index (χ0n) is 14.4. The quantitative estimate of drug-likeness (QED) is 0.671. The molecular formula is C20H19N3O3. The Labute approximate surface area is 151 Å². The summed E-state index contributed by atoms with van der Waals surface area (Å²) in [7, 11) is 1.57. The van der Waals surface area contributed by atoms with Crippen LogP contribution in [0.5, 0.6) is 0 Å². The Balaban J connectivity index is 1.71. The van der Waals surface area contributed by atoms with E-state index in [0.29, 0.717) is 30.0 Å². The van der Waals surface area contributed by atoms with Gasteiger partial charge in [0.1, 0.15) is 0 Å². The Morgan fingerprint density at radius 2 is 1.65 bits per heavy atom. The summed E-state index contributed by atoms with van der Waals surface area (Å²) in [6.45, 7) is 0.886. The van der Waals surface area contributed by atoms with Crippen molar-refractivity contribution in [3.05, 3.63) is 71.9 Å². The number of anilines is 1. The standard InChI is InChI=1S/C20H19N3O3/c1-26-13-12-22-19(24)15-7-9-16(10-8-15)20(25)23-17-6-2-4-14-5-3-11-21-18(14)17/h2-11H,12-13H2,1H3,(H,22,24)(H,23,25). The minimum atomic E-state index is -0.255. The fraction of sp³-hybridized carbons (Fsp3) is 0.150. The zero-order valence-corrected chi connectivity index (χ0v) is 14.4. The van der Waals surface area contributed by atoms with Crippen LogP contribution in [0, 0.1) is 0 Å². The summed E-state index contributed by atoms with van der Waals surface area (Å²) in [6.07, 6.45) is 1.69. The average molecular weight is 349 g/mol. The zero-order chi connectivity index (χ0) is 18.4. The number of hydrogen-bond donors (Lipinski definition) is 2. The Morgan fingerprint density at radius 1 is 0.962 bits per heavy atom. The molecule has 6 nitrogen and oxygen atoms in total. The van der Waals surface area contributed by atoms with Crippen LogP contribution >= 0.6 is 0 Å². The third kappa shape index (κ3) is 4.04. The Hall–Kier alpha value is -3.25. The molecule has 26 heavy (non-hydrogen) atoms. The van der Waals surface area contributed by atoms with E-state index in [1.54, 1.807) is 37.6 Å². The van der Waals surface area contributed by atoms with Crippen molar-refractivity contribution >= 4 is 28.4 Å². The molecule has 0 unspecified atom stereocenters. The molecule has 132 valence electrons. The van der Waals surface area contributed by atoms with Crippen molar-refractivity contribution < 1.29 is 14.3 Å². The van der Waals surface area contributed by atoms with Crippen LogP contribution in [0.4, 0.5) is 5.69 Å². The lowest BCUT2D eigenvalue weighted by Gasteiger charge is -2.09. The number of rotatable bonds is 6. The third-order valence-electron chi connectivity index (χ3n) is 3.88. The Kier molecular flexibility index (Phi) is 5.56. The highest BCUT2D eigenvalue weighted by Gasteiger charge is 2.11. The molecule has 0 saturated heterocycles. The van der Waals surface area contributed by atoms with Gasteiger partial charge in [-0.15, -0.1) is 0 Å². The molecule has 0 radical (unpaired) electrons. The van der Waals surface area contributed by atoms with Gasteiger partial charge in [0.05, 0.1) is 17.8 Å². The Bertz CT molecular complexity index is 918. The number of aromatic nitrogens is 1. The van der Waals surface area contributed by atoms with E-state index in [-0.39, 0.29) is 11.8 Å². The number of nitrogens with one attached hydrogen (secondary N) is 2. The summed E-state index contributed by atoms with van der Waals surface area (Å²) >= 11 is 0. The van der Waals surface area contributed by atoms with Crippen LogP contribution in [-0.2, 0) is 4.74 Å². The molecule has 3 aromatic rings. The van der Waals surface area contributed by atoms with Gasteiger partial charge in [0.15, 0.2) is 0 Å². The van der Waals surface area contributed by atoms with Gasteiger partial charge >= 0.3 is 0 Å². The van der Waals surface area contributed by atoms with Crippen LogP contribution in [-0.4, -0.2) is 37.1 Å². The van der Waals surface area contributed by atoms with E-state index >= 15 is 0 Å². The first-order chi connectivity index (χ1) is 12.7. The average Bonchev–Trinajstić information content (AvgIpc) is 2.68. The van der Waals surface area contributed by atoms with Gasteiger partial charge < -0.3 is 15.4 Å². The van der Waals surface area contributed by atoms with Crippen molar-refractivity contribution in [1.29, 1.82) is 0 Å². The third-order valence-corrected chi connectivity index (χ3v) is 3.88. The Morgan fingerprint density at radius 3 is 2.38 bits per heavy atom. The summed E-state index contributed by atoms with van der Waals surface area (Å²) in [5.41, 5.74) is 2.34.